The Labute approximate surface area is 83.5 Å². The Bertz CT molecular complexity index is 373. The lowest BCUT2D eigenvalue weighted by Crippen LogP contribution is -2.14. The van der Waals surface area contributed by atoms with Crippen LogP contribution in [0.1, 0.15) is 30.0 Å². The predicted molar refractivity (Wildman–Crippen MR) is 55.5 cm³/mol. The lowest BCUT2D eigenvalue weighted by Gasteiger charge is -2.13. The molecule has 0 aliphatic carbocycles. The van der Waals surface area contributed by atoms with Gasteiger partial charge in [-0.1, -0.05) is 0 Å². The van der Waals surface area contributed by atoms with Gasteiger partial charge in [0, 0.05) is 11.7 Å². The third kappa shape index (κ3) is 1.57. The van der Waals surface area contributed by atoms with Gasteiger partial charge in [0.1, 0.15) is 0 Å². The van der Waals surface area contributed by atoms with Gasteiger partial charge in [-0.05, 0) is 43.1 Å². The summed E-state index contributed by atoms with van der Waals surface area (Å²) in [7, 11) is 0. The molecule has 0 saturated carbocycles. The van der Waals surface area contributed by atoms with Crippen molar-refractivity contribution >= 4 is 5.69 Å². The highest BCUT2D eigenvalue weighted by molar-refractivity contribution is 5.52. The summed E-state index contributed by atoms with van der Waals surface area (Å²) in [4.78, 5) is 0. The van der Waals surface area contributed by atoms with Gasteiger partial charge in [-0.25, -0.2) is 0 Å². The average molecular weight is 187 g/mol. The van der Waals surface area contributed by atoms with Gasteiger partial charge in [-0.15, -0.1) is 0 Å². The summed E-state index contributed by atoms with van der Waals surface area (Å²) in [6.45, 7) is 1.04. The second kappa shape index (κ2) is 3.69. The Morgan fingerprint density at radius 1 is 1.50 bits per heavy atom. The van der Waals surface area contributed by atoms with Crippen molar-refractivity contribution in [2.75, 3.05) is 12.3 Å². The molecule has 0 unspecified atom stereocenters. The molecule has 2 rings (SSSR count). The van der Waals surface area contributed by atoms with Gasteiger partial charge >= 0.3 is 0 Å². The van der Waals surface area contributed by atoms with Crippen molar-refractivity contribution in [1.82, 2.24) is 5.32 Å². The minimum Gasteiger partial charge on any atom is -0.398 e. The van der Waals surface area contributed by atoms with Crippen molar-refractivity contribution in [1.29, 1.82) is 5.26 Å². The predicted octanol–water partition coefficient (Wildman–Crippen LogP) is 1.56. The zero-order valence-electron chi connectivity index (χ0n) is 7.96. The average Bonchev–Trinajstić information content (AvgIpc) is 2.71. The van der Waals surface area contributed by atoms with E-state index in [1.165, 1.54) is 6.42 Å². The highest BCUT2D eigenvalue weighted by Crippen LogP contribution is 2.28. The molecule has 0 radical (unpaired) electrons. The van der Waals surface area contributed by atoms with Crippen LogP contribution in [0.25, 0.3) is 0 Å². The number of nitrogens with two attached hydrogens (primary N) is 1. The molecule has 1 fully saturated rings. The third-order valence-corrected chi connectivity index (χ3v) is 2.65. The molecule has 1 aromatic carbocycles. The van der Waals surface area contributed by atoms with Crippen molar-refractivity contribution in [3.05, 3.63) is 29.3 Å². The van der Waals surface area contributed by atoms with Crippen LogP contribution >= 0.6 is 0 Å². The highest BCUT2D eigenvalue weighted by Gasteiger charge is 2.18. The number of nitriles is 1. The van der Waals surface area contributed by atoms with E-state index in [0.29, 0.717) is 11.6 Å². The van der Waals surface area contributed by atoms with Crippen LogP contribution in [0, 0.1) is 11.3 Å². The van der Waals surface area contributed by atoms with Crippen LogP contribution in [0.15, 0.2) is 18.2 Å². The fourth-order valence-electron chi connectivity index (χ4n) is 1.90. The summed E-state index contributed by atoms with van der Waals surface area (Å²) >= 11 is 0. The van der Waals surface area contributed by atoms with Gasteiger partial charge < -0.3 is 11.1 Å². The summed E-state index contributed by atoms with van der Waals surface area (Å²) < 4.78 is 0. The van der Waals surface area contributed by atoms with E-state index in [-0.39, 0.29) is 0 Å². The first kappa shape index (κ1) is 9.04. The van der Waals surface area contributed by atoms with Crippen LogP contribution in [0.4, 0.5) is 5.69 Å². The van der Waals surface area contributed by atoms with Crippen LogP contribution < -0.4 is 11.1 Å². The molecule has 0 amide bonds. The number of nitrogen functional groups attached to an aromatic ring is 1. The Morgan fingerprint density at radius 2 is 2.36 bits per heavy atom. The topological polar surface area (TPSA) is 61.8 Å². The van der Waals surface area contributed by atoms with E-state index in [4.69, 9.17) is 11.0 Å². The zero-order chi connectivity index (χ0) is 9.97. The molecule has 1 aliphatic rings. The standard InChI is InChI=1S/C11H13N3/c12-7-8-3-4-10(13)9(6-8)11-2-1-5-14-11/h3-4,6,11,14H,1-2,5,13H2/t11-/m1/s1. The minimum atomic E-state index is 0.336. The molecule has 72 valence electrons. The van der Waals surface area contributed by atoms with E-state index >= 15 is 0 Å². The minimum absolute atomic E-state index is 0.336. The van der Waals surface area contributed by atoms with E-state index in [2.05, 4.69) is 11.4 Å². The van der Waals surface area contributed by atoms with Gasteiger partial charge in [-0.3, -0.25) is 0 Å². The van der Waals surface area contributed by atoms with Crippen LogP contribution in [-0.2, 0) is 0 Å². The Morgan fingerprint density at radius 3 is 3.00 bits per heavy atom. The Hall–Kier alpha value is -1.53. The molecule has 1 aliphatic heterocycles. The van der Waals surface area contributed by atoms with Crippen molar-refractivity contribution in [2.24, 2.45) is 0 Å². The Balaban J connectivity index is 2.35. The Kier molecular flexibility index (Phi) is 2.38. The molecule has 1 saturated heterocycles. The summed E-state index contributed by atoms with van der Waals surface area (Å²) in [5.74, 6) is 0. The molecule has 0 spiro atoms. The molecule has 1 atom stereocenters. The molecule has 0 bridgehead atoms. The molecule has 3 heteroatoms. The molecule has 1 aromatic rings. The third-order valence-electron chi connectivity index (χ3n) is 2.65. The first-order valence-electron chi connectivity index (χ1n) is 4.84. The summed E-state index contributed by atoms with van der Waals surface area (Å²) in [6.07, 6.45) is 2.29. The number of hydrogen-bond donors (Lipinski definition) is 2. The summed E-state index contributed by atoms with van der Waals surface area (Å²) in [6, 6.07) is 7.93. The highest BCUT2D eigenvalue weighted by atomic mass is 14.9. The van der Waals surface area contributed by atoms with Crippen molar-refractivity contribution < 1.29 is 0 Å². The summed E-state index contributed by atoms with van der Waals surface area (Å²) in [5, 5.41) is 12.2. The van der Waals surface area contributed by atoms with Gasteiger partial charge in [0.2, 0.25) is 0 Å². The first-order valence-corrected chi connectivity index (χ1v) is 4.84. The lowest BCUT2D eigenvalue weighted by atomic mass is 10.0. The van der Waals surface area contributed by atoms with Gasteiger partial charge in [0.25, 0.3) is 0 Å². The van der Waals surface area contributed by atoms with E-state index < -0.39 is 0 Å². The molecular formula is C11H13N3. The normalized spacial score (nSPS) is 20.6. The van der Waals surface area contributed by atoms with Crippen molar-refractivity contribution in [3.8, 4) is 6.07 Å². The number of nitrogens with one attached hydrogen (secondary N) is 1. The van der Waals surface area contributed by atoms with Crippen LogP contribution in [0.3, 0.4) is 0 Å². The van der Waals surface area contributed by atoms with Gasteiger partial charge in [0.05, 0.1) is 11.6 Å². The molecule has 3 nitrogen and oxygen atoms in total. The number of benzene rings is 1. The van der Waals surface area contributed by atoms with Crippen LogP contribution in [0.5, 0.6) is 0 Å². The van der Waals surface area contributed by atoms with E-state index in [0.717, 1.165) is 24.2 Å². The fraction of sp³-hybridized carbons (Fsp3) is 0.364. The molecule has 1 heterocycles. The molecule has 0 aromatic heterocycles. The smallest absolute Gasteiger partial charge is 0.0991 e. The van der Waals surface area contributed by atoms with Gasteiger partial charge in [-0.2, -0.15) is 5.26 Å². The van der Waals surface area contributed by atoms with Crippen molar-refractivity contribution in [3.63, 3.8) is 0 Å². The maximum atomic E-state index is 8.78. The van der Waals surface area contributed by atoms with E-state index in [1.807, 2.05) is 12.1 Å². The first-order chi connectivity index (χ1) is 6.81. The fourth-order valence-corrected chi connectivity index (χ4v) is 1.90. The zero-order valence-corrected chi connectivity index (χ0v) is 7.96. The molecule has 3 N–H and O–H groups in total. The molecule has 14 heavy (non-hydrogen) atoms. The number of hydrogen-bond acceptors (Lipinski definition) is 3. The monoisotopic (exact) mass is 187 g/mol. The summed E-state index contributed by atoms with van der Waals surface area (Å²) in [5.41, 5.74) is 8.41. The quantitative estimate of drug-likeness (QED) is 0.656. The number of nitrogens with zero attached hydrogens (tertiary/aromatic N) is 1. The molecular weight excluding hydrogens is 174 g/mol. The van der Waals surface area contributed by atoms with E-state index in [1.54, 1.807) is 6.07 Å². The second-order valence-corrected chi connectivity index (χ2v) is 3.60. The largest absolute Gasteiger partial charge is 0.398 e. The maximum Gasteiger partial charge on any atom is 0.0991 e. The lowest BCUT2D eigenvalue weighted by molar-refractivity contribution is 0.649. The van der Waals surface area contributed by atoms with Crippen molar-refractivity contribution in [2.45, 2.75) is 18.9 Å². The number of rotatable bonds is 1. The maximum absolute atomic E-state index is 8.78. The van der Waals surface area contributed by atoms with Crippen LogP contribution in [-0.4, -0.2) is 6.54 Å². The van der Waals surface area contributed by atoms with Gasteiger partial charge in [0.15, 0.2) is 0 Å². The SMILES string of the molecule is N#Cc1ccc(N)c([C@H]2CCCN2)c1. The number of anilines is 1. The van der Waals surface area contributed by atoms with Crippen LogP contribution in [0.2, 0.25) is 0 Å². The van der Waals surface area contributed by atoms with E-state index in [9.17, 15) is 0 Å². The second-order valence-electron chi connectivity index (χ2n) is 3.60.